The van der Waals surface area contributed by atoms with Crippen molar-refractivity contribution in [2.75, 3.05) is 0 Å². The standard InChI is InChI=1S/C8H8.C4H3F3O2.C2H4O3S/c1-2-8-6-4-3-5-7-8;1-2(3(8)9)4(5,6)7;1-2-6(3,4)5/h2-7H,1H2;1H2,(H,8,9);2H,1H2,(H,3,4,5). The summed E-state index contributed by atoms with van der Waals surface area (Å²) in [6.07, 6.45) is -2.98. The minimum absolute atomic E-state index is 0.465. The van der Waals surface area contributed by atoms with Crippen molar-refractivity contribution in [3.8, 4) is 0 Å². The van der Waals surface area contributed by atoms with E-state index in [1.54, 1.807) is 0 Å². The fourth-order valence-corrected chi connectivity index (χ4v) is 0.710. The van der Waals surface area contributed by atoms with Gasteiger partial charge in [0.25, 0.3) is 10.1 Å². The van der Waals surface area contributed by atoms with Crippen molar-refractivity contribution >= 4 is 22.2 Å². The molecule has 0 saturated carbocycles. The summed E-state index contributed by atoms with van der Waals surface area (Å²) < 4.78 is 60.2. The van der Waals surface area contributed by atoms with E-state index in [1.165, 1.54) is 5.56 Å². The molecule has 0 aliphatic carbocycles. The molecule has 0 aliphatic heterocycles. The van der Waals surface area contributed by atoms with Gasteiger partial charge in [-0.25, -0.2) is 4.79 Å². The molecule has 0 aliphatic rings. The fourth-order valence-electron chi connectivity index (χ4n) is 0.710. The normalized spacial score (nSPS) is 10.1. The van der Waals surface area contributed by atoms with Gasteiger partial charge in [-0.2, -0.15) is 21.6 Å². The van der Waals surface area contributed by atoms with Crippen LogP contribution in [0.1, 0.15) is 5.56 Å². The Hall–Kier alpha value is -2.39. The molecule has 0 aromatic heterocycles. The molecule has 128 valence electrons. The van der Waals surface area contributed by atoms with E-state index >= 15 is 0 Å². The van der Waals surface area contributed by atoms with Crippen LogP contribution < -0.4 is 0 Å². The van der Waals surface area contributed by atoms with Gasteiger partial charge >= 0.3 is 12.1 Å². The lowest BCUT2D eigenvalue weighted by Crippen LogP contribution is -2.18. The third kappa shape index (κ3) is 14.3. The molecule has 0 bridgehead atoms. The van der Waals surface area contributed by atoms with E-state index in [1.807, 2.05) is 36.4 Å². The highest BCUT2D eigenvalue weighted by Crippen LogP contribution is 2.23. The maximum atomic E-state index is 11.2. The van der Waals surface area contributed by atoms with Crippen molar-refractivity contribution < 1.29 is 36.0 Å². The first-order chi connectivity index (χ1) is 10.3. The Bertz CT molecular complexity index is 623. The highest BCUT2D eigenvalue weighted by molar-refractivity contribution is 7.88. The Morgan fingerprint density at radius 1 is 1.13 bits per heavy atom. The Morgan fingerprint density at radius 3 is 1.65 bits per heavy atom. The summed E-state index contributed by atoms with van der Waals surface area (Å²) in [5.41, 5.74) is -0.574. The number of carbonyl (C=O) groups is 1. The van der Waals surface area contributed by atoms with E-state index in [2.05, 4.69) is 19.7 Å². The van der Waals surface area contributed by atoms with Crippen molar-refractivity contribution in [3.63, 3.8) is 0 Å². The molecular formula is C14H15F3O5S. The molecule has 0 spiro atoms. The van der Waals surface area contributed by atoms with Gasteiger partial charge in [-0.1, -0.05) is 56.1 Å². The van der Waals surface area contributed by atoms with Crippen molar-refractivity contribution in [1.29, 1.82) is 0 Å². The molecule has 0 radical (unpaired) electrons. The number of rotatable bonds is 3. The molecule has 0 fully saturated rings. The molecule has 1 rings (SSSR count). The lowest BCUT2D eigenvalue weighted by molar-refractivity contribution is -0.144. The van der Waals surface area contributed by atoms with Crippen molar-refractivity contribution in [2.24, 2.45) is 0 Å². The van der Waals surface area contributed by atoms with E-state index in [4.69, 9.17) is 9.66 Å². The quantitative estimate of drug-likeness (QED) is 0.641. The predicted octanol–water partition coefficient (Wildman–Crippen LogP) is 3.54. The van der Waals surface area contributed by atoms with E-state index < -0.39 is 27.8 Å². The van der Waals surface area contributed by atoms with Gasteiger partial charge in [0.05, 0.1) is 5.41 Å². The van der Waals surface area contributed by atoms with Crippen LogP contribution in [0.5, 0.6) is 0 Å². The van der Waals surface area contributed by atoms with E-state index in [0.717, 1.165) is 0 Å². The summed E-state index contributed by atoms with van der Waals surface area (Å²) in [6, 6.07) is 10.0. The third-order valence-electron chi connectivity index (χ3n) is 1.85. The topological polar surface area (TPSA) is 91.7 Å². The number of carboxylic acid groups (broad SMARTS) is 1. The first-order valence-electron chi connectivity index (χ1n) is 5.62. The number of aliphatic carboxylic acids is 1. The number of alkyl halides is 3. The molecule has 2 N–H and O–H groups in total. The van der Waals surface area contributed by atoms with Gasteiger partial charge in [-0.15, -0.1) is 0 Å². The first-order valence-corrected chi connectivity index (χ1v) is 7.12. The van der Waals surface area contributed by atoms with Crippen molar-refractivity contribution in [2.45, 2.75) is 6.18 Å². The molecular weight excluding hydrogens is 337 g/mol. The van der Waals surface area contributed by atoms with Crippen LogP contribution in [-0.4, -0.2) is 30.2 Å². The molecule has 5 nitrogen and oxygen atoms in total. The van der Waals surface area contributed by atoms with E-state index in [0.29, 0.717) is 5.41 Å². The molecule has 0 saturated heterocycles. The third-order valence-corrected chi connectivity index (χ3v) is 2.27. The largest absolute Gasteiger partial charge is 0.478 e. The van der Waals surface area contributed by atoms with Gasteiger partial charge in [0.2, 0.25) is 0 Å². The molecule has 1 aromatic carbocycles. The summed E-state index contributed by atoms with van der Waals surface area (Å²) in [5, 5.41) is 8.16. The summed E-state index contributed by atoms with van der Waals surface area (Å²) in [4.78, 5) is 9.53. The molecule has 0 amide bonds. The van der Waals surface area contributed by atoms with Gasteiger partial charge in [-0.05, 0) is 5.56 Å². The van der Waals surface area contributed by atoms with Crippen LogP contribution >= 0.6 is 0 Å². The molecule has 0 heterocycles. The van der Waals surface area contributed by atoms with Crippen LogP contribution in [-0.2, 0) is 14.9 Å². The second kappa shape index (κ2) is 10.4. The Morgan fingerprint density at radius 2 is 1.52 bits per heavy atom. The van der Waals surface area contributed by atoms with Gasteiger partial charge in [-0.3, -0.25) is 4.55 Å². The highest BCUT2D eigenvalue weighted by atomic mass is 32.2. The van der Waals surface area contributed by atoms with E-state index in [9.17, 15) is 26.4 Å². The number of halogens is 3. The van der Waals surface area contributed by atoms with Gasteiger partial charge in [0, 0.05) is 0 Å². The average molecular weight is 352 g/mol. The highest BCUT2D eigenvalue weighted by Gasteiger charge is 2.36. The summed E-state index contributed by atoms with van der Waals surface area (Å²) >= 11 is 0. The van der Waals surface area contributed by atoms with Crippen LogP contribution in [0.15, 0.2) is 61.0 Å². The zero-order valence-electron chi connectivity index (χ0n) is 11.8. The Kier molecular flexibility index (Phi) is 10.3. The van der Waals surface area contributed by atoms with Gasteiger partial charge in [0.15, 0.2) is 0 Å². The Balaban J connectivity index is 0. The average Bonchev–Trinajstić information content (AvgIpc) is 2.46. The minimum atomic E-state index is -4.81. The van der Waals surface area contributed by atoms with Crippen LogP contribution in [0.25, 0.3) is 6.08 Å². The maximum Gasteiger partial charge on any atom is 0.422 e. The zero-order valence-corrected chi connectivity index (χ0v) is 12.6. The maximum absolute atomic E-state index is 11.2. The molecule has 0 atom stereocenters. The number of hydrogen-bond acceptors (Lipinski definition) is 3. The van der Waals surface area contributed by atoms with Crippen LogP contribution in [0, 0.1) is 0 Å². The zero-order chi connectivity index (χ0) is 18.7. The molecule has 1 aromatic rings. The minimum Gasteiger partial charge on any atom is -0.478 e. The lowest BCUT2D eigenvalue weighted by Gasteiger charge is -2.02. The van der Waals surface area contributed by atoms with E-state index in [-0.39, 0.29) is 0 Å². The second-order valence-electron chi connectivity index (χ2n) is 3.58. The van der Waals surface area contributed by atoms with Gasteiger partial charge < -0.3 is 5.11 Å². The smallest absolute Gasteiger partial charge is 0.422 e. The number of carboxylic acids is 1. The Labute approximate surface area is 131 Å². The fraction of sp³-hybridized carbons (Fsp3) is 0.0714. The number of benzene rings is 1. The summed E-state index contributed by atoms with van der Waals surface area (Å²) in [6.45, 7) is 8.73. The summed E-state index contributed by atoms with van der Waals surface area (Å²) in [5.74, 6) is -2.04. The van der Waals surface area contributed by atoms with Crippen LogP contribution in [0.3, 0.4) is 0 Å². The number of hydrogen-bond donors (Lipinski definition) is 2. The molecule has 0 unspecified atom stereocenters. The lowest BCUT2D eigenvalue weighted by atomic mass is 10.2. The SMILES string of the molecule is C=C(C(=O)O)C(F)(F)F.C=CS(=O)(=O)O.C=Cc1ccccc1. The van der Waals surface area contributed by atoms with Crippen LogP contribution in [0.2, 0.25) is 0 Å². The van der Waals surface area contributed by atoms with Crippen LogP contribution in [0.4, 0.5) is 13.2 Å². The molecule has 23 heavy (non-hydrogen) atoms. The summed E-state index contributed by atoms with van der Waals surface area (Å²) in [7, 11) is -3.90. The van der Waals surface area contributed by atoms with Gasteiger partial charge in [0.1, 0.15) is 5.57 Å². The monoisotopic (exact) mass is 352 g/mol. The predicted molar refractivity (Wildman–Crippen MR) is 81.1 cm³/mol. The van der Waals surface area contributed by atoms with Crippen molar-refractivity contribution in [1.82, 2.24) is 0 Å². The second-order valence-corrected chi connectivity index (χ2v) is 4.94. The van der Waals surface area contributed by atoms with Crippen molar-refractivity contribution in [3.05, 3.63) is 66.6 Å². The molecule has 9 heteroatoms. The first kappa shape index (κ1) is 22.9.